The highest BCUT2D eigenvalue weighted by atomic mass is 79.9. The van der Waals surface area contributed by atoms with Crippen LogP contribution in [0.15, 0.2) is 34.8 Å². The lowest BCUT2D eigenvalue weighted by atomic mass is 10.3. The summed E-state index contributed by atoms with van der Waals surface area (Å²) in [5.74, 6) is 0.536. The number of hydrogen-bond acceptors (Lipinski definition) is 4. The topological polar surface area (TPSA) is 47.0 Å². The van der Waals surface area contributed by atoms with Crippen LogP contribution in [0.3, 0.4) is 0 Å². The Morgan fingerprint density at radius 1 is 1.26 bits per heavy atom. The van der Waals surface area contributed by atoms with E-state index in [4.69, 9.17) is 4.74 Å². The van der Waals surface area contributed by atoms with Crippen molar-refractivity contribution in [3.8, 4) is 11.6 Å². The molecule has 0 bridgehead atoms. The van der Waals surface area contributed by atoms with Crippen molar-refractivity contribution in [2.75, 3.05) is 6.54 Å². The van der Waals surface area contributed by atoms with Crippen LogP contribution in [0.2, 0.25) is 0 Å². The average Bonchev–Trinajstić information content (AvgIpc) is 2.41. The summed E-state index contributed by atoms with van der Waals surface area (Å²) in [5.41, 5.74) is 0.840. The largest absolute Gasteiger partial charge is 0.436 e. The van der Waals surface area contributed by atoms with E-state index in [-0.39, 0.29) is 5.82 Å². The summed E-state index contributed by atoms with van der Waals surface area (Å²) in [5, 5.41) is 11.2. The number of ether oxygens (including phenoxy) is 1. The maximum atomic E-state index is 12.9. The van der Waals surface area contributed by atoms with E-state index in [1.807, 2.05) is 13.0 Å². The Bertz CT molecular complexity index is 548. The number of hydrogen-bond donors (Lipinski definition) is 1. The number of halogens is 2. The summed E-state index contributed by atoms with van der Waals surface area (Å²) in [7, 11) is 0. The van der Waals surface area contributed by atoms with Crippen molar-refractivity contribution in [3.05, 3.63) is 46.3 Å². The zero-order valence-electron chi connectivity index (χ0n) is 10.4. The van der Waals surface area contributed by atoms with Crippen LogP contribution in [0.25, 0.3) is 0 Å². The van der Waals surface area contributed by atoms with Gasteiger partial charge in [0.1, 0.15) is 11.6 Å². The van der Waals surface area contributed by atoms with Crippen molar-refractivity contribution >= 4 is 15.9 Å². The first-order chi connectivity index (χ1) is 9.19. The zero-order chi connectivity index (χ0) is 13.7. The molecule has 1 N–H and O–H groups in total. The highest BCUT2D eigenvalue weighted by Crippen LogP contribution is 2.28. The van der Waals surface area contributed by atoms with Gasteiger partial charge in [-0.05, 0) is 46.7 Å². The molecule has 2 rings (SSSR count). The third-order valence-electron chi connectivity index (χ3n) is 2.36. The van der Waals surface area contributed by atoms with Gasteiger partial charge in [0.15, 0.2) is 0 Å². The second kappa shape index (κ2) is 6.58. The molecule has 0 fully saturated rings. The van der Waals surface area contributed by atoms with Crippen molar-refractivity contribution in [2.24, 2.45) is 0 Å². The Kier molecular flexibility index (Phi) is 4.81. The summed E-state index contributed by atoms with van der Waals surface area (Å²) in [6.07, 6.45) is 0. The van der Waals surface area contributed by atoms with Gasteiger partial charge in [0, 0.05) is 12.6 Å². The molecule has 0 amide bonds. The monoisotopic (exact) mass is 325 g/mol. The predicted molar refractivity (Wildman–Crippen MR) is 73.6 cm³/mol. The average molecular weight is 326 g/mol. The molecule has 0 unspecified atom stereocenters. The van der Waals surface area contributed by atoms with Gasteiger partial charge in [0.2, 0.25) is 5.88 Å². The summed E-state index contributed by atoms with van der Waals surface area (Å²) < 4.78 is 19.0. The smallest absolute Gasteiger partial charge is 0.238 e. The van der Waals surface area contributed by atoms with Crippen molar-refractivity contribution in [1.29, 1.82) is 0 Å². The van der Waals surface area contributed by atoms with Crippen molar-refractivity contribution < 1.29 is 9.13 Å². The van der Waals surface area contributed by atoms with E-state index in [9.17, 15) is 4.39 Å². The zero-order valence-corrected chi connectivity index (χ0v) is 11.9. The number of nitrogens with zero attached hydrogens (tertiary/aromatic N) is 2. The Balaban J connectivity index is 2.06. The third kappa shape index (κ3) is 3.97. The number of nitrogens with one attached hydrogen (secondary N) is 1. The minimum atomic E-state index is -0.328. The highest BCUT2D eigenvalue weighted by molar-refractivity contribution is 9.10. The molecule has 1 heterocycles. The van der Waals surface area contributed by atoms with Crippen LogP contribution < -0.4 is 10.1 Å². The molecule has 0 aliphatic rings. The van der Waals surface area contributed by atoms with Crippen LogP contribution in [-0.4, -0.2) is 16.7 Å². The van der Waals surface area contributed by atoms with Crippen molar-refractivity contribution in [1.82, 2.24) is 15.5 Å². The van der Waals surface area contributed by atoms with Gasteiger partial charge in [0.25, 0.3) is 0 Å². The first-order valence-corrected chi connectivity index (χ1v) is 6.64. The predicted octanol–water partition coefficient (Wildman–Crippen LogP) is 3.28. The standard InChI is InChI=1S/C13H13BrFN3O/c1-2-16-8-10-4-6-13(18-17-10)19-12-5-3-9(15)7-11(12)14/h3-7,16H,2,8H2,1H3. The molecule has 19 heavy (non-hydrogen) atoms. The molecule has 6 heteroatoms. The molecule has 1 aromatic carbocycles. The minimum absolute atomic E-state index is 0.328. The van der Waals surface area contributed by atoms with Gasteiger partial charge in [-0.1, -0.05) is 6.92 Å². The summed E-state index contributed by atoms with van der Waals surface area (Å²) in [6.45, 7) is 3.57. The Hall–Kier alpha value is -1.53. The first-order valence-electron chi connectivity index (χ1n) is 5.85. The lowest BCUT2D eigenvalue weighted by Crippen LogP contribution is -2.13. The maximum absolute atomic E-state index is 12.9. The van der Waals surface area contributed by atoms with E-state index in [0.717, 1.165) is 12.2 Å². The van der Waals surface area contributed by atoms with Gasteiger partial charge in [-0.25, -0.2) is 4.39 Å². The van der Waals surface area contributed by atoms with Gasteiger partial charge >= 0.3 is 0 Å². The molecule has 1 aromatic heterocycles. The van der Waals surface area contributed by atoms with E-state index in [0.29, 0.717) is 22.6 Å². The van der Waals surface area contributed by atoms with Gasteiger partial charge in [-0.15, -0.1) is 5.10 Å². The molecule has 4 nitrogen and oxygen atoms in total. The first kappa shape index (κ1) is 13.9. The highest BCUT2D eigenvalue weighted by Gasteiger charge is 2.05. The second-order valence-electron chi connectivity index (χ2n) is 3.82. The van der Waals surface area contributed by atoms with Crippen LogP contribution >= 0.6 is 15.9 Å². The molecule has 100 valence electrons. The molecule has 0 aliphatic heterocycles. The Morgan fingerprint density at radius 2 is 2.11 bits per heavy atom. The SMILES string of the molecule is CCNCc1ccc(Oc2ccc(F)cc2Br)nn1. The molecule has 0 spiro atoms. The molecule has 0 aliphatic carbocycles. The van der Waals surface area contributed by atoms with Crippen LogP contribution in [0.5, 0.6) is 11.6 Å². The molecule has 0 radical (unpaired) electrons. The Labute approximate surface area is 119 Å². The van der Waals surface area contributed by atoms with Crippen molar-refractivity contribution in [2.45, 2.75) is 13.5 Å². The normalized spacial score (nSPS) is 10.5. The van der Waals surface area contributed by atoms with E-state index in [2.05, 4.69) is 31.4 Å². The van der Waals surface area contributed by atoms with Crippen LogP contribution in [0.1, 0.15) is 12.6 Å². The number of rotatable bonds is 5. The van der Waals surface area contributed by atoms with Crippen LogP contribution in [-0.2, 0) is 6.54 Å². The molecule has 2 aromatic rings. The summed E-state index contributed by atoms with van der Waals surface area (Å²) in [4.78, 5) is 0. The molecular weight excluding hydrogens is 313 g/mol. The van der Waals surface area contributed by atoms with E-state index in [1.54, 1.807) is 6.07 Å². The van der Waals surface area contributed by atoms with Gasteiger partial charge < -0.3 is 10.1 Å². The summed E-state index contributed by atoms with van der Waals surface area (Å²) >= 11 is 3.23. The van der Waals surface area contributed by atoms with E-state index >= 15 is 0 Å². The third-order valence-corrected chi connectivity index (χ3v) is 2.98. The van der Waals surface area contributed by atoms with E-state index < -0.39 is 0 Å². The lowest BCUT2D eigenvalue weighted by molar-refractivity contribution is 0.449. The number of aromatic nitrogens is 2. The number of benzene rings is 1. The Morgan fingerprint density at radius 3 is 2.74 bits per heavy atom. The van der Waals surface area contributed by atoms with Crippen LogP contribution in [0.4, 0.5) is 4.39 Å². The minimum Gasteiger partial charge on any atom is -0.436 e. The van der Waals surface area contributed by atoms with Gasteiger partial charge in [-0.2, -0.15) is 5.10 Å². The summed E-state index contributed by atoms with van der Waals surface area (Å²) in [6, 6.07) is 7.76. The quantitative estimate of drug-likeness (QED) is 0.916. The molecule has 0 atom stereocenters. The molecule has 0 saturated heterocycles. The second-order valence-corrected chi connectivity index (χ2v) is 4.67. The fourth-order valence-electron chi connectivity index (χ4n) is 1.42. The van der Waals surface area contributed by atoms with E-state index in [1.165, 1.54) is 18.2 Å². The molecule has 0 saturated carbocycles. The van der Waals surface area contributed by atoms with Crippen molar-refractivity contribution in [3.63, 3.8) is 0 Å². The van der Waals surface area contributed by atoms with Crippen LogP contribution in [0, 0.1) is 5.82 Å². The molecular formula is C13H13BrFN3O. The fraction of sp³-hybridized carbons (Fsp3) is 0.231. The van der Waals surface area contributed by atoms with Gasteiger partial charge in [-0.3, -0.25) is 0 Å². The lowest BCUT2D eigenvalue weighted by Gasteiger charge is -2.07. The maximum Gasteiger partial charge on any atom is 0.238 e. The fourth-order valence-corrected chi connectivity index (χ4v) is 1.85. The van der Waals surface area contributed by atoms with Gasteiger partial charge in [0.05, 0.1) is 10.2 Å².